The third kappa shape index (κ3) is 2.04. The van der Waals surface area contributed by atoms with E-state index in [1.807, 2.05) is 13.0 Å². The van der Waals surface area contributed by atoms with Crippen molar-refractivity contribution in [1.29, 1.82) is 0 Å². The van der Waals surface area contributed by atoms with Crippen LogP contribution in [-0.4, -0.2) is 12.4 Å². The van der Waals surface area contributed by atoms with E-state index in [4.69, 9.17) is 16.3 Å². The standard InChI is InChI=1S/C11H10BrClO2/c1-6-2-7(5-14)8-3-10(13)9(12)4-11(8)15-6/h3-7H,2H2,1H3. The van der Waals surface area contributed by atoms with Gasteiger partial charge >= 0.3 is 0 Å². The summed E-state index contributed by atoms with van der Waals surface area (Å²) in [4.78, 5) is 11.0. The van der Waals surface area contributed by atoms with Gasteiger partial charge in [-0.1, -0.05) is 11.6 Å². The molecular formula is C11H10BrClO2. The first kappa shape index (κ1) is 11.0. The van der Waals surface area contributed by atoms with E-state index in [0.717, 1.165) is 22.1 Å². The average Bonchev–Trinajstić information content (AvgIpc) is 2.19. The van der Waals surface area contributed by atoms with Crippen LogP contribution in [0.5, 0.6) is 5.75 Å². The van der Waals surface area contributed by atoms with Crippen LogP contribution in [0.3, 0.4) is 0 Å². The van der Waals surface area contributed by atoms with Gasteiger partial charge in [-0.3, -0.25) is 0 Å². The van der Waals surface area contributed by atoms with E-state index in [2.05, 4.69) is 15.9 Å². The Labute approximate surface area is 102 Å². The fraction of sp³-hybridized carbons (Fsp3) is 0.364. The summed E-state index contributed by atoms with van der Waals surface area (Å²) in [5.74, 6) is 0.650. The van der Waals surface area contributed by atoms with Crippen molar-refractivity contribution in [2.24, 2.45) is 0 Å². The van der Waals surface area contributed by atoms with Gasteiger partial charge in [0.15, 0.2) is 0 Å². The number of hydrogen-bond acceptors (Lipinski definition) is 2. The topological polar surface area (TPSA) is 26.3 Å². The molecule has 0 bridgehead atoms. The SMILES string of the molecule is CC1CC(C=O)c2cc(Cl)c(Br)cc2O1. The third-order valence-corrected chi connectivity index (χ3v) is 3.73. The van der Waals surface area contributed by atoms with Crippen LogP contribution in [0.1, 0.15) is 24.8 Å². The Kier molecular flexibility index (Phi) is 3.03. The Morgan fingerprint density at radius 3 is 3.00 bits per heavy atom. The maximum atomic E-state index is 11.0. The summed E-state index contributed by atoms with van der Waals surface area (Å²) < 4.78 is 6.45. The fourth-order valence-corrected chi connectivity index (χ4v) is 2.31. The van der Waals surface area contributed by atoms with E-state index in [-0.39, 0.29) is 12.0 Å². The van der Waals surface area contributed by atoms with E-state index < -0.39 is 0 Å². The Morgan fingerprint density at radius 2 is 2.33 bits per heavy atom. The highest BCUT2D eigenvalue weighted by Crippen LogP contribution is 2.39. The summed E-state index contributed by atoms with van der Waals surface area (Å²) in [6.45, 7) is 1.96. The van der Waals surface area contributed by atoms with Crippen LogP contribution >= 0.6 is 27.5 Å². The molecule has 2 atom stereocenters. The molecule has 0 spiro atoms. The van der Waals surface area contributed by atoms with Crippen LogP contribution in [0.4, 0.5) is 0 Å². The number of rotatable bonds is 1. The monoisotopic (exact) mass is 288 g/mol. The molecule has 0 radical (unpaired) electrons. The second kappa shape index (κ2) is 4.14. The first-order valence-corrected chi connectivity index (χ1v) is 5.90. The number of ether oxygens (including phenoxy) is 1. The van der Waals surface area contributed by atoms with Crippen molar-refractivity contribution in [1.82, 2.24) is 0 Å². The summed E-state index contributed by atoms with van der Waals surface area (Å²) in [6.07, 6.45) is 1.75. The van der Waals surface area contributed by atoms with Gasteiger partial charge in [0.1, 0.15) is 12.0 Å². The Hall–Kier alpha value is -0.540. The highest BCUT2D eigenvalue weighted by atomic mass is 79.9. The highest BCUT2D eigenvalue weighted by Gasteiger charge is 2.26. The van der Waals surface area contributed by atoms with Gasteiger partial charge in [0.2, 0.25) is 0 Å². The molecule has 1 heterocycles. The molecule has 0 saturated heterocycles. The molecule has 2 unspecified atom stereocenters. The summed E-state index contributed by atoms with van der Waals surface area (Å²) >= 11 is 9.32. The van der Waals surface area contributed by atoms with E-state index in [1.54, 1.807) is 6.07 Å². The van der Waals surface area contributed by atoms with Gasteiger partial charge < -0.3 is 9.53 Å². The van der Waals surface area contributed by atoms with Crippen molar-refractivity contribution in [3.63, 3.8) is 0 Å². The van der Waals surface area contributed by atoms with Gasteiger partial charge in [-0.05, 0) is 41.4 Å². The normalized spacial score (nSPS) is 24.2. The van der Waals surface area contributed by atoms with Gasteiger partial charge in [0, 0.05) is 16.0 Å². The lowest BCUT2D eigenvalue weighted by molar-refractivity contribution is -0.110. The lowest BCUT2D eigenvalue weighted by atomic mass is 9.91. The zero-order valence-electron chi connectivity index (χ0n) is 8.17. The Balaban J connectivity index is 2.51. The van der Waals surface area contributed by atoms with Crippen molar-refractivity contribution in [2.75, 3.05) is 0 Å². The largest absolute Gasteiger partial charge is 0.490 e. The zero-order valence-corrected chi connectivity index (χ0v) is 10.5. The van der Waals surface area contributed by atoms with Crippen LogP contribution < -0.4 is 4.74 Å². The van der Waals surface area contributed by atoms with Crippen LogP contribution in [-0.2, 0) is 4.79 Å². The fourth-order valence-electron chi connectivity index (χ4n) is 1.81. The molecule has 0 N–H and O–H groups in total. The Bertz CT molecular complexity index is 406. The van der Waals surface area contributed by atoms with Gasteiger partial charge in [-0.15, -0.1) is 0 Å². The van der Waals surface area contributed by atoms with Gasteiger partial charge in [-0.2, -0.15) is 0 Å². The number of aldehydes is 1. The van der Waals surface area contributed by atoms with Crippen LogP contribution in [0, 0.1) is 0 Å². The third-order valence-electron chi connectivity index (χ3n) is 2.53. The molecule has 1 aliphatic heterocycles. The highest BCUT2D eigenvalue weighted by molar-refractivity contribution is 9.10. The first-order chi connectivity index (χ1) is 7.11. The second-order valence-corrected chi connectivity index (χ2v) is 4.97. The van der Waals surface area contributed by atoms with Crippen molar-refractivity contribution in [3.05, 3.63) is 27.2 Å². The number of benzene rings is 1. The van der Waals surface area contributed by atoms with E-state index >= 15 is 0 Å². The van der Waals surface area contributed by atoms with E-state index in [1.165, 1.54) is 0 Å². The van der Waals surface area contributed by atoms with Gasteiger partial charge in [0.05, 0.1) is 11.1 Å². The number of carbonyl (C=O) groups is 1. The van der Waals surface area contributed by atoms with Crippen LogP contribution in [0.2, 0.25) is 5.02 Å². The predicted octanol–water partition coefficient (Wildman–Crippen LogP) is 3.56. The summed E-state index contributed by atoms with van der Waals surface area (Å²) in [6, 6.07) is 3.62. The number of fused-ring (bicyclic) bond motifs is 1. The summed E-state index contributed by atoms with van der Waals surface area (Å²) in [5.41, 5.74) is 0.885. The molecule has 0 saturated carbocycles. The van der Waals surface area contributed by atoms with E-state index in [9.17, 15) is 4.79 Å². The van der Waals surface area contributed by atoms with E-state index in [0.29, 0.717) is 11.4 Å². The summed E-state index contributed by atoms with van der Waals surface area (Å²) in [5, 5.41) is 0.610. The minimum Gasteiger partial charge on any atom is -0.490 e. The second-order valence-electron chi connectivity index (χ2n) is 3.71. The van der Waals surface area contributed by atoms with Gasteiger partial charge in [-0.25, -0.2) is 0 Å². The molecule has 2 rings (SSSR count). The molecule has 2 nitrogen and oxygen atoms in total. The van der Waals surface area contributed by atoms with Gasteiger partial charge in [0.25, 0.3) is 0 Å². The minimum absolute atomic E-state index is 0.0702. The maximum Gasteiger partial charge on any atom is 0.127 e. The molecule has 0 fully saturated rings. The lowest BCUT2D eigenvalue weighted by Crippen LogP contribution is -2.23. The van der Waals surface area contributed by atoms with Crippen molar-refractivity contribution < 1.29 is 9.53 Å². The quantitative estimate of drug-likeness (QED) is 0.739. The molecule has 1 aliphatic rings. The number of halogens is 2. The average molecular weight is 290 g/mol. The lowest BCUT2D eigenvalue weighted by Gasteiger charge is -2.27. The molecule has 80 valence electrons. The smallest absolute Gasteiger partial charge is 0.127 e. The van der Waals surface area contributed by atoms with Crippen molar-refractivity contribution >= 4 is 33.8 Å². The van der Waals surface area contributed by atoms with Crippen molar-refractivity contribution in [3.8, 4) is 5.75 Å². The maximum absolute atomic E-state index is 11.0. The van der Waals surface area contributed by atoms with Crippen molar-refractivity contribution in [2.45, 2.75) is 25.4 Å². The molecule has 0 amide bonds. The number of carbonyl (C=O) groups excluding carboxylic acids is 1. The minimum atomic E-state index is -0.102. The predicted molar refractivity (Wildman–Crippen MR) is 62.7 cm³/mol. The van der Waals surface area contributed by atoms with Crippen LogP contribution in [0.25, 0.3) is 0 Å². The first-order valence-electron chi connectivity index (χ1n) is 4.72. The Morgan fingerprint density at radius 1 is 1.60 bits per heavy atom. The molecule has 15 heavy (non-hydrogen) atoms. The molecule has 0 aromatic heterocycles. The molecule has 0 aliphatic carbocycles. The summed E-state index contributed by atoms with van der Waals surface area (Å²) in [7, 11) is 0. The molecular weight excluding hydrogens is 279 g/mol. The molecule has 1 aromatic carbocycles. The molecule has 4 heteroatoms. The van der Waals surface area contributed by atoms with Crippen LogP contribution in [0.15, 0.2) is 16.6 Å². The zero-order chi connectivity index (χ0) is 11.0. The molecule has 1 aromatic rings. The number of hydrogen-bond donors (Lipinski definition) is 0.